The van der Waals surface area contributed by atoms with Gasteiger partial charge in [0.2, 0.25) is 0 Å². The fourth-order valence-electron chi connectivity index (χ4n) is 3.56. The molecule has 0 saturated heterocycles. The Labute approximate surface area is 96.8 Å². The molecule has 0 radical (unpaired) electrons. The second-order valence-electron chi connectivity index (χ2n) is 5.21. The summed E-state index contributed by atoms with van der Waals surface area (Å²) in [5.74, 6) is 0.595. The molecule has 2 fully saturated rings. The number of hydrogen-bond donors (Lipinski definition) is 2. The first-order valence-corrected chi connectivity index (χ1v) is 7.65. The van der Waals surface area contributed by atoms with E-state index in [-0.39, 0.29) is 5.92 Å². The van der Waals surface area contributed by atoms with Gasteiger partial charge in [-0.25, -0.2) is 0 Å². The summed E-state index contributed by atoms with van der Waals surface area (Å²) in [5, 5.41) is 9.71. The summed E-state index contributed by atoms with van der Waals surface area (Å²) in [5.41, 5.74) is -1.57. The average Bonchev–Trinajstić information content (AvgIpc) is 2.26. The normalized spacial score (nSPS) is 37.8. The Hall–Kier alpha value is -0.130. The molecule has 0 aromatic carbocycles. The van der Waals surface area contributed by atoms with Crippen LogP contribution in [0.4, 0.5) is 0 Å². The van der Waals surface area contributed by atoms with Crippen LogP contribution in [0.2, 0.25) is 0 Å². The predicted molar refractivity (Wildman–Crippen MR) is 60.3 cm³/mol. The van der Waals surface area contributed by atoms with Crippen molar-refractivity contribution in [3.05, 3.63) is 0 Å². The van der Waals surface area contributed by atoms with Gasteiger partial charge in [-0.3, -0.25) is 4.55 Å². The number of aliphatic hydroxyl groups excluding tert-OH is 1. The number of fused-ring (bicyclic) bond motifs is 1. The molecule has 2 aliphatic rings. The molecule has 16 heavy (non-hydrogen) atoms. The molecule has 0 aliphatic heterocycles. The predicted octanol–water partition coefficient (Wildman–Crippen LogP) is 1.80. The van der Waals surface area contributed by atoms with Crippen molar-refractivity contribution >= 4 is 10.1 Å². The van der Waals surface area contributed by atoms with Crippen LogP contribution in [0.15, 0.2) is 0 Å². The lowest BCUT2D eigenvalue weighted by molar-refractivity contribution is 0.0371. The average molecular weight is 248 g/mol. The van der Waals surface area contributed by atoms with Crippen LogP contribution in [0.25, 0.3) is 0 Å². The maximum atomic E-state index is 11.0. The smallest absolute Gasteiger partial charge is 0.292 e. The van der Waals surface area contributed by atoms with Crippen molar-refractivity contribution in [2.45, 2.75) is 50.4 Å². The molecule has 4 unspecified atom stereocenters. The van der Waals surface area contributed by atoms with Crippen LogP contribution in [0.5, 0.6) is 0 Å². The van der Waals surface area contributed by atoms with Crippen molar-refractivity contribution in [3.63, 3.8) is 0 Å². The van der Waals surface area contributed by atoms with Crippen LogP contribution >= 0.6 is 0 Å². The van der Waals surface area contributed by atoms with E-state index in [0.717, 1.165) is 38.5 Å². The van der Waals surface area contributed by atoms with E-state index in [1.54, 1.807) is 0 Å². The Morgan fingerprint density at radius 2 is 1.62 bits per heavy atom. The molecule has 2 rings (SSSR count). The molecule has 0 aromatic heterocycles. The minimum atomic E-state index is -4.30. The maximum Gasteiger partial charge on any atom is 0.292 e. The number of hydrogen-bond acceptors (Lipinski definition) is 3. The summed E-state index contributed by atoms with van der Waals surface area (Å²) in [6.45, 7) is 0. The quantitative estimate of drug-likeness (QED) is 0.731. The topological polar surface area (TPSA) is 74.6 Å². The van der Waals surface area contributed by atoms with Crippen LogP contribution in [0.1, 0.15) is 44.9 Å². The summed E-state index contributed by atoms with van der Waals surface area (Å²) >= 11 is 0. The summed E-state index contributed by atoms with van der Waals surface area (Å²) in [6, 6.07) is 0. The second-order valence-corrected chi connectivity index (χ2v) is 6.72. The first-order chi connectivity index (χ1) is 7.50. The van der Waals surface area contributed by atoms with Gasteiger partial charge in [-0.1, -0.05) is 32.1 Å². The molecule has 4 atom stereocenters. The van der Waals surface area contributed by atoms with Gasteiger partial charge in [0.05, 0.1) is 0 Å². The highest BCUT2D eigenvalue weighted by molar-refractivity contribution is 7.86. The monoisotopic (exact) mass is 248 g/mol. The summed E-state index contributed by atoms with van der Waals surface area (Å²) in [4.78, 5) is 0. The zero-order valence-corrected chi connectivity index (χ0v) is 10.2. The Kier molecular flexibility index (Phi) is 3.56. The van der Waals surface area contributed by atoms with E-state index >= 15 is 0 Å². The third-order valence-electron chi connectivity index (χ3n) is 4.30. The lowest BCUT2D eigenvalue weighted by Gasteiger charge is -2.42. The largest absolute Gasteiger partial charge is 0.375 e. The van der Waals surface area contributed by atoms with Crippen LogP contribution in [-0.2, 0) is 10.1 Å². The Morgan fingerprint density at radius 3 is 2.31 bits per heavy atom. The molecule has 0 aromatic rings. The molecule has 2 N–H and O–H groups in total. The highest BCUT2D eigenvalue weighted by Gasteiger charge is 2.42. The molecular weight excluding hydrogens is 228 g/mol. The van der Waals surface area contributed by atoms with E-state index in [1.807, 2.05) is 0 Å². The van der Waals surface area contributed by atoms with Crippen molar-refractivity contribution < 1.29 is 18.1 Å². The van der Waals surface area contributed by atoms with Crippen LogP contribution < -0.4 is 0 Å². The fraction of sp³-hybridized carbons (Fsp3) is 1.00. The Balaban J connectivity index is 2.13. The zero-order valence-electron chi connectivity index (χ0n) is 9.38. The van der Waals surface area contributed by atoms with Gasteiger partial charge in [-0.2, -0.15) is 8.42 Å². The van der Waals surface area contributed by atoms with Gasteiger partial charge in [-0.05, 0) is 24.7 Å². The van der Waals surface area contributed by atoms with E-state index in [0.29, 0.717) is 11.8 Å². The van der Waals surface area contributed by atoms with Gasteiger partial charge in [0, 0.05) is 5.92 Å². The molecule has 94 valence electrons. The van der Waals surface area contributed by atoms with Gasteiger partial charge >= 0.3 is 0 Å². The second kappa shape index (κ2) is 4.63. The van der Waals surface area contributed by atoms with Crippen LogP contribution in [-0.4, -0.2) is 23.5 Å². The van der Waals surface area contributed by atoms with Gasteiger partial charge in [0.1, 0.15) is 0 Å². The molecule has 0 heterocycles. The third kappa shape index (κ3) is 2.41. The number of aliphatic hydroxyl groups is 1. The van der Waals surface area contributed by atoms with Crippen LogP contribution in [0, 0.1) is 17.8 Å². The SMILES string of the molecule is O=S(=O)(O)C(O)C1CCCC2CCCCC21. The first-order valence-electron chi connectivity index (χ1n) is 6.14. The molecule has 2 aliphatic carbocycles. The molecule has 2 saturated carbocycles. The molecule has 0 spiro atoms. The van der Waals surface area contributed by atoms with Gasteiger partial charge in [0.15, 0.2) is 5.44 Å². The summed E-state index contributed by atoms with van der Waals surface area (Å²) in [7, 11) is -4.30. The molecule has 0 bridgehead atoms. The fourth-order valence-corrected chi connectivity index (χ4v) is 4.34. The molecular formula is C11H20O4S. The maximum absolute atomic E-state index is 11.0. The standard InChI is InChI=1S/C11H20O4S/c12-11(16(13,14)15)10-7-3-5-8-4-1-2-6-9(8)10/h8-12H,1-7H2,(H,13,14,15). The van der Waals surface area contributed by atoms with E-state index in [1.165, 1.54) is 6.42 Å². The first kappa shape index (κ1) is 12.3. The van der Waals surface area contributed by atoms with E-state index in [4.69, 9.17) is 4.55 Å². The van der Waals surface area contributed by atoms with Crippen LogP contribution in [0.3, 0.4) is 0 Å². The molecule has 5 heteroatoms. The van der Waals surface area contributed by atoms with Gasteiger partial charge < -0.3 is 5.11 Å². The summed E-state index contributed by atoms with van der Waals surface area (Å²) < 4.78 is 31.0. The minimum Gasteiger partial charge on any atom is -0.375 e. The highest BCUT2D eigenvalue weighted by Crippen LogP contribution is 2.45. The number of rotatable bonds is 2. The Morgan fingerprint density at radius 1 is 1.00 bits per heavy atom. The van der Waals surface area contributed by atoms with Crippen molar-refractivity contribution in [2.24, 2.45) is 17.8 Å². The van der Waals surface area contributed by atoms with Gasteiger partial charge in [0.25, 0.3) is 10.1 Å². The lowest BCUT2D eigenvalue weighted by Crippen LogP contribution is -2.41. The lowest BCUT2D eigenvalue weighted by atomic mass is 9.66. The van der Waals surface area contributed by atoms with E-state index < -0.39 is 15.6 Å². The van der Waals surface area contributed by atoms with Crippen molar-refractivity contribution in [1.29, 1.82) is 0 Å². The molecule has 0 amide bonds. The summed E-state index contributed by atoms with van der Waals surface area (Å²) in [6.07, 6.45) is 7.34. The van der Waals surface area contributed by atoms with Gasteiger partial charge in [-0.15, -0.1) is 0 Å². The van der Waals surface area contributed by atoms with Crippen molar-refractivity contribution in [1.82, 2.24) is 0 Å². The third-order valence-corrected chi connectivity index (χ3v) is 5.26. The van der Waals surface area contributed by atoms with Crippen molar-refractivity contribution in [2.75, 3.05) is 0 Å². The van der Waals surface area contributed by atoms with E-state index in [9.17, 15) is 13.5 Å². The zero-order chi connectivity index (χ0) is 11.8. The molecule has 4 nitrogen and oxygen atoms in total. The Bertz CT molecular complexity index is 336. The highest BCUT2D eigenvalue weighted by atomic mass is 32.2. The van der Waals surface area contributed by atoms with E-state index in [2.05, 4.69) is 0 Å². The van der Waals surface area contributed by atoms with Crippen molar-refractivity contribution in [3.8, 4) is 0 Å². The minimum absolute atomic E-state index is 0.256.